The van der Waals surface area contributed by atoms with Gasteiger partial charge < -0.3 is 20.4 Å². The Kier molecular flexibility index (Phi) is 6.60. The number of para-hydroxylation sites is 1. The summed E-state index contributed by atoms with van der Waals surface area (Å²) in [6, 6.07) is 4.39. The number of rotatable bonds is 4. The number of carbonyl (C=O) groups excluding carboxylic acids is 3. The van der Waals surface area contributed by atoms with E-state index >= 15 is 0 Å². The number of likely N-dealkylation sites (N-methyl/N-ethyl adjacent to an activating group) is 1. The van der Waals surface area contributed by atoms with E-state index in [1.54, 1.807) is 4.90 Å². The van der Waals surface area contributed by atoms with Crippen molar-refractivity contribution in [2.45, 2.75) is 6.42 Å². The minimum atomic E-state index is -0.679. The molecule has 0 unspecified atom stereocenters. The van der Waals surface area contributed by atoms with E-state index < -0.39 is 17.6 Å². The van der Waals surface area contributed by atoms with E-state index in [0.29, 0.717) is 19.5 Å². The Labute approximate surface area is 172 Å². The van der Waals surface area contributed by atoms with E-state index in [0.717, 1.165) is 4.90 Å². The molecule has 1 saturated heterocycles. The number of benzene rings is 1. The van der Waals surface area contributed by atoms with Crippen LogP contribution in [-0.4, -0.2) is 64.5 Å². The van der Waals surface area contributed by atoms with E-state index in [2.05, 4.69) is 5.32 Å². The van der Waals surface area contributed by atoms with Crippen LogP contribution in [0.3, 0.4) is 0 Å². The molecule has 27 heavy (non-hydrogen) atoms. The zero-order valence-corrected chi connectivity index (χ0v) is 15.7. The van der Waals surface area contributed by atoms with Crippen molar-refractivity contribution in [1.82, 2.24) is 9.80 Å². The first-order valence-corrected chi connectivity index (χ1v) is 8.39. The second kappa shape index (κ2) is 8.36. The van der Waals surface area contributed by atoms with Crippen molar-refractivity contribution in [1.29, 1.82) is 0 Å². The molecule has 138 valence electrons. The molecule has 8 nitrogen and oxygen atoms in total. The Bertz CT molecular complexity index is 829. The van der Waals surface area contributed by atoms with Gasteiger partial charge in [-0.3, -0.25) is 19.3 Å². The van der Waals surface area contributed by atoms with Crippen molar-refractivity contribution in [3.05, 3.63) is 39.8 Å². The van der Waals surface area contributed by atoms with Crippen LogP contribution in [-0.2, 0) is 9.59 Å². The molecule has 2 heterocycles. The number of halogens is 1. The first-order valence-electron chi connectivity index (χ1n) is 8.01. The molecule has 2 aliphatic heterocycles. The van der Waals surface area contributed by atoms with Gasteiger partial charge >= 0.3 is 18.9 Å². The minimum absolute atomic E-state index is 0. The van der Waals surface area contributed by atoms with Gasteiger partial charge in [0.2, 0.25) is 5.91 Å². The first kappa shape index (κ1) is 21.3. The molecule has 0 spiro atoms. The SMILES string of the molecule is CN1C(=O)C(Cl)=C([N-]c2cccc(C(=O)N3CC[C@H](CO)C3)c2O)C1=O.[Li+]. The fourth-order valence-corrected chi connectivity index (χ4v) is 3.19. The number of aliphatic hydroxyl groups is 1. The van der Waals surface area contributed by atoms with Crippen molar-refractivity contribution in [2.24, 2.45) is 5.92 Å². The normalized spacial score (nSPS) is 19.6. The quantitative estimate of drug-likeness (QED) is 0.474. The fraction of sp³-hybridized carbons (Fsp3) is 0.353. The predicted molar refractivity (Wildman–Crippen MR) is 92.9 cm³/mol. The van der Waals surface area contributed by atoms with Gasteiger partial charge in [-0.2, -0.15) is 0 Å². The number of amides is 3. The number of phenols is 1. The van der Waals surface area contributed by atoms with E-state index in [1.165, 1.54) is 25.2 Å². The number of likely N-dealkylation sites (tertiary alicyclic amines) is 1. The second-order valence-corrected chi connectivity index (χ2v) is 6.58. The molecule has 3 amide bonds. The van der Waals surface area contributed by atoms with Crippen molar-refractivity contribution < 1.29 is 43.5 Å². The maximum absolute atomic E-state index is 12.6. The largest absolute Gasteiger partial charge is 1.00 e. The maximum atomic E-state index is 12.6. The van der Waals surface area contributed by atoms with Crippen LogP contribution >= 0.6 is 11.6 Å². The molecular formula is C17H17ClLiN3O5. The topological polar surface area (TPSA) is 112 Å². The van der Waals surface area contributed by atoms with E-state index in [9.17, 15) is 24.6 Å². The molecule has 0 radical (unpaired) electrons. The Morgan fingerprint density at radius 3 is 2.59 bits per heavy atom. The molecule has 2 N–H and O–H groups in total. The molecular weight excluding hydrogens is 369 g/mol. The van der Waals surface area contributed by atoms with Crippen molar-refractivity contribution in [3.8, 4) is 5.75 Å². The van der Waals surface area contributed by atoms with Gasteiger partial charge in [-0.15, -0.1) is 0 Å². The monoisotopic (exact) mass is 385 g/mol. The number of hydrogen-bond acceptors (Lipinski definition) is 5. The van der Waals surface area contributed by atoms with Crippen LogP contribution in [0.1, 0.15) is 16.8 Å². The van der Waals surface area contributed by atoms with Gasteiger partial charge in [0.15, 0.2) is 0 Å². The van der Waals surface area contributed by atoms with Crippen LogP contribution < -0.4 is 18.9 Å². The summed E-state index contributed by atoms with van der Waals surface area (Å²) in [5.41, 5.74) is -0.273. The Morgan fingerprint density at radius 2 is 2.04 bits per heavy atom. The van der Waals surface area contributed by atoms with Gasteiger partial charge in [0.05, 0.1) is 10.6 Å². The Hall–Kier alpha value is -1.98. The summed E-state index contributed by atoms with van der Waals surface area (Å²) in [4.78, 5) is 38.7. The second-order valence-electron chi connectivity index (χ2n) is 6.21. The minimum Gasteiger partial charge on any atom is -0.649 e. The van der Waals surface area contributed by atoms with Gasteiger partial charge in [0, 0.05) is 32.7 Å². The van der Waals surface area contributed by atoms with Crippen LogP contribution in [0.5, 0.6) is 5.75 Å². The first-order chi connectivity index (χ1) is 12.3. The number of nitrogens with zero attached hydrogens (tertiary/aromatic N) is 3. The summed E-state index contributed by atoms with van der Waals surface area (Å²) < 4.78 is 0. The molecule has 0 bridgehead atoms. The summed E-state index contributed by atoms with van der Waals surface area (Å²) in [5.74, 6) is -2.11. The average molecular weight is 386 g/mol. The molecule has 1 aromatic rings. The van der Waals surface area contributed by atoms with Gasteiger partial charge in [-0.05, 0) is 18.2 Å². The molecule has 0 saturated carbocycles. The Morgan fingerprint density at radius 1 is 1.33 bits per heavy atom. The summed E-state index contributed by atoms with van der Waals surface area (Å²) in [7, 11) is 1.28. The van der Waals surface area contributed by atoms with Crippen LogP contribution in [0.25, 0.3) is 5.32 Å². The Balaban J connectivity index is 0.00000261. The molecule has 0 aromatic heterocycles. The number of imide groups is 1. The molecule has 2 aliphatic rings. The third-order valence-corrected chi connectivity index (χ3v) is 4.86. The molecule has 0 aliphatic carbocycles. The number of carbonyl (C=O) groups is 3. The zero-order chi connectivity index (χ0) is 19.0. The number of hydrogen-bond donors (Lipinski definition) is 2. The van der Waals surface area contributed by atoms with Crippen LogP contribution in [0.4, 0.5) is 5.69 Å². The van der Waals surface area contributed by atoms with Gasteiger partial charge in [-0.25, -0.2) is 0 Å². The van der Waals surface area contributed by atoms with Crippen molar-refractivity contribution in [3.63, 3.8) is 0 Å². The van der Waals surface area contributed by atoms with Crippen LogP contribution in [0.2, 0.25) is 0 Å². The third kappa shape index (κ3) is 3.85. The average Bonchev–Trinajstić information content (AvgIpc) is 3.19. The van der Waals surface area contributed by atoms with E-state index in [-0.39, 0.29) is 59.3 Å². The number of phenolic OH excluding ortho intramolecular Hbond substituents is 1. The standard InChI is InChI=1S/C17H18ClN3O5.Li/c1-20-16(25)12(18)13(17(20)26)19-11-4-2-3-10(14(11)23)15(24)21-6-5-9(7-21)8-22;/h2-4,9,22H,5-8H2,1H3,(H2,19,23,24,25,26);/q;+1/p-1/t9-;/m0./s1. The fourth-order valence-electron chi connectivity index (χ4n) is 2.94. The van der Waals surface area contributed by atoms with Gasteiger partial charge in [-0.1, -0.05) is 29.4 Å². The van der Waals surface area contributed by atoms with Crippen molar-refractivity contribution in [2.75, 3.05) is 26.7 Å². The molecule has 1 atom stereocenters. The van der Waals surface area contributed by atoms with E-state index in [1.807, 2.05) is 0 Å². The molecule has 1 aromatic carbocycles. The smallest absolute Gasteiger partial charge is 0.649 e. The van der Waals surface area contributed by atoms with Crippen LogP contribution in [0.15, 0.2) is 28.9 Å². The summed E-state index contributed by atoms with van der Waals surface area (Å²) >= 11 is 5.85. The third-order valence-electron chi connectivity index (χ3n) is 4.52. The van der Waals surface area contributed by atoms with Crippen molar-refractivity contribution >= 4 is 35.0 Å². The summed E-state index contributed by atoms with van der Waals surface area (Å²) in [6.07, 6.45) is 0.693. The molecule has 10 heteroatoms. The van der Waals surface area contributed by atoms with E-state index in [4.69, 9.17) is 11.6 Å². The van der Waals surface area contributed by atoms with Crippen LogP contribution in [0, 0.1) is 5.92 Å². The summed E-state index contributed by atoms with van der Waals surface area (Å²) in [6.45, 7) is 0.895. The molecule has 3 rings (SSSR count). The number of aliphatic hydroxyl groups excluding tert-OH is 1. The van der Waals surface area contributed by atoms with Gasteiger partial charge in [0.1, 0.15) is 5.75 Å². The number of aromatic hydroxyl groups is 1. The zero-order valence-electron chi connectivity index (χ0n) is 15.0. The maximum Gasteiger partial charge on any atom is 1.00 e. The summed E-state index contributed by atoms with van der Waals surface area (Å²) in [5, 5.41) is 23.3. The predicted octanol–water partition coefficient (Wildman–Crippen LogP) is -1.70. The van der Waals surface area contributed by atoms with Gasteiger partial charge in [0.25, 0.3) is 11.8 Å². The molecule has 1 fully saturated rings.